The van der Waals surface area contributed by atoms with Gasteiger partial charge in [0.2, 0.25) is 0 Å². The summed E-state index contributed by atoms with van der Waals surface area (Å²) >= 11 is 0. The van der Waals surface area contributed by atoms with Crippen LogP contribution in [0.1, 0.15) is 24.2 Å². The second-order valence-electron chi connectivity index (χ2n) is 3.48. The van der Waals surface area contributed by atoms with Gasteiger partial charge in [-0.3, -0.25) is 0 Å². The van der Waals surface area contributed by atoms with Crippen molar-refractivity contribution in [3.05, 3.63) is 35.5 Å². The highest BCUT2D eigenvalue weighted by Gasteiger charge is 2.01. The summed E-state index contributed by atoms with van der Waals surface area (Å²) in [5.74, 6) is 0.757. The maximum atomic E-state index is 9.30. The van der Waals surface area contributed by atoms with E-state index in [9.17, 15) is 5.11 Å². The van der Waals surface area contributed by atoms with Crippen LogP contribution < -0.4 is 0 Å². The van der Waals surface area contributed by atoms with Crippen molar-refractivity contribution < 1.29 is 14.7 Å². The van der Waals surface area contributed by atoms with Crippen molar-refractivity contribution in [1.82, 2.24) is 10.1 Å². The van der Waals surface area contributed by atoms with Gasteiger partial charge in [-0.1, -0.05) is 18.1 Å². The van der Waals surface area contributed by atoms with Crippen molar-refractivity contribution >= 4 is 12.2 Å². The summed E-state index contributed by atoms with van der Waals surface area (Å²) in [5.41, 5.74) is 0.733. The fourth-order valence-electron chi connectivity index (χ4n) is 1.29. The number of hydrogen-bond donors (Lipinski definition) is 2. The summed E-state index contributed by atoms with van der Waals surface area (Å²) in [4.78, 5) is 4.11. The van der Waals surface area contributed by atoms with Gasteiger partial charge in [0.05, 0.1) is 0 Å². The number of aryl methyl sites for hydroxylation is 1. The van der Waals surface area contributed by atoms with Gasteiger partial charge in [0, 0.05) is 12.5 Å². The van der Waals surface area contributed by atoms with E-state index in [1.54, 1.807) is 18.2 Å². The second kappa shape index (κ2) is 4.69. The van der Waals surface area contributed by atoms with E-state index in [-0.39, 0.29) is 11.5 Å². The van der Waals surface area contributed by atoms with Crippen LogP contribution in [-0.4, -0.2) is 20.4 Å². The number of aromatic hydroxyl groups is 2. The van der Waals surface area contributed by atoms with Crippen LogP contribution in [0.3, 0.4) is 0 Å². The van der Waals surface area contributed by atoms with Crippen LogP contribution in [0.2, 0.25) is 0 Å². The monoisotopic (exact) mass is 232 g/mol. The summed E-state index contributed by atoms with van der Waals surface area (Å²) in [5, 5.41) is 22.2. The lowest BCUT2D eigenvalue weighted by atomic mass is 10.2. The highest BCUT2D eigenvalue weighted by atomic mass is 16.5. The van der Waals surface area contributed by atoms with Gasteiger partial charge in [0.1, 0.15) is 0 Å². The number of aromatic nitrogens is 2. The molecule has 5 heteroatoms. The number of rotatable bonds is 3. The fraction of sp³-hybridized carbons (Fsp3) is 0.167. The molecule has 0 bridgehead atoms. The molecule has 0 aliphatic rings. The Morgan fingerprint density at radius 1 is 1.24 bits per heavy atom. The third kappa shape index (κ3) is 2.63. The van der Waals surface area contributed by atoms with Crippen LogP contribution >= 0.6 is 0 Å². The van der Waals surface area contributed by atoms with E-state index in [2.05, 4.69) is 10.1 Å². The molecule has 0 radical (unpaired) electrons. The number of phenols is 2. The number of benzene rings is 1. The number of nitrogens with zero attached hydrogens (tertiary/aromatic N) is 2. The van der Waals surface area contributed by atoms with E-state index in [1.165, 1.54) is 12.1 Å². The van der Waals surface area contributed by atoms with Crippen LogP contribution in [-0.2, 0) is 6.42 Å². The maximum absolute atomic E-state index is 9.30. The molecule has 0 saturated heterocycles. The molecule has 88 valence electrons. The largest absolute Gasteiger partial charge is 0.504 e. The summed E-state index contributed by atoms with van der Waals surface area (Å²) < 4.78 is 4.97. The molecule has 0 amide bonds. The first kappa shape index (κ1) is 11.2. The molecule has 0 spiro atoms. The van der Waals surface area contributed by atoms with Gasteiger partial charge < -0.3 is 14.7 Å². The Balaban J connectivity index is 2.16. The summed E-state index contributed by atoms with van der Waals surface area (Å²) in [7, 11) is 0. The van der Waals surface area contributed by atoms with Crippen molar-refractivity contribution in [3.8, 4) is 11.5 Å². The number of phenolic OH excluding ortho intramolecular Hbond substituents is 2. The van der Waals surface area contributed by atoms with E-state index in [0.717, 1.165) is 12.0 Å². The van der Waals surface area contributed by atoms with E-state index in [1.807, 2.05) is 6.92 Å². The molecule has 0 saturated carbocycles. The lowest BCUT2D eigenvalue weighted by Crippen LogP contribution is -1.81. The molecule has 5 nitrogen and oxygen atoms in total. The van der Waals surface area contributed by atoms with Gasteiger partial charge >= 0.3 is 0 Å². The summed E-state index contributed by atoms with van der Waals surface area (Å²) in [6.45, 7) is 1.94. The predicted octanol–water partition coefficient (Wildman–Crippen LogP) is 2.21. The molecule has 0 aliphatic heterocycles. The lowest BCUT2D eigenvalue weighted by molar-refractivity contribution is 0.403. The molecule has 2 aromatic rings. The van der Waals surface area contributed by atoms with Gasteiger partial charge in [-0.2, -0.15) is 4.98 Å². The normalized spacial score (nSPS) is 11.1. The Morgan fingerprint density at radius 2 is 2.06 bits per heavy atom. The fourth-order valence-corrected chi connectivity index (χ4v) is 1.29. The first-order chi connectivity index (χ1) is 8.19. The van der Waals surface area contributed by atoms with Gasteiger partial charge in [0.25, 0.3) is 5.89 Å². The van der Waals surface area contributed by atoms with Crippen LogP contribution in [0.15, 0.2) is 22.7 Å². The topological polar surface area (TPSA) is 79.4 Å². The molecular formula is C12H12N2O3. The highest BCUT2D eigenvalue weighted by Crippen LogP contribution is 2.25. The molecule has 2 rings (SSSR count). The third-order valence-corrected chi connectivity index (χ3v) is 2.22. The van der Waals surface area contributed by atoms with Crippen molar-refractivity contribution in [3.63, 3.8) is 0 Å². The third-order valence-electron chi connectivity index (χ3n) is 2.22. The minimum atomic E-state index is -0.160. The van der Waals surface area contributed by atoms with Crippen LogP contribution in [0, 0.1) is 0 Å². The molecule has 2 N–H and O–H groups in total. The zero-order valence-corrected chi connectivity index (χ0v) is 9.29. The highest BCUT2D eigenvalue weighted by molar-refractivity contribution is 5.67. The van der Waals surface area contributed by atoms with Crippen molar-refractivity contribution in [2.75, 3.05) is 0 Å². The Bertz CT molecular complexity index is 546. The summed E-state index contributed by atoms with van der Waals surface area (Å²) in [6.07, 6.45) is 4.08. The van der Waals surface area contributed by atoms with Gasteiger partial charge in [-0.05, 0) is 23.8 Å². The predicted molar refractivity (Wildman–Crippen MR) is 62.4 cm³/mol. The lowest BCUT2D eigenvalue weighted by Gasteiger charge is -1.97. The van der Waals surface area contributed by atoms with Crippen molar-refractivity contribution in [1.29, 1.82) is 0 Å². The van der Waals surface area contributed by atoms with Crippen molar-refractivity contribution in [2.24, 2.45) is 0 Å². The van der Waals surface area contributed by atoms with Gasteiger partial charge in [0.15, 0.2) is 17.3 Å². The van der Waals surface area contributed by atoms with Crippen LogP contribution in [0.5, 0.6) is 11.5 Å². The van der Waals surface area contributed by atoms with E-state index in [0.29, 0.717) is 11.7 Å². The van der Waals surface area contributed by atoms with E-state index < -0.39 is 0 Å². The smallest absolute Gasteiger partial charge is 0.250 e. The summed E-state index contributed by atoms with van der Waals surface area (Å²) in [6, 6.07) is 4.53. The van der Waals surface area contributed by atoms with E-state index >= 15 is 0 Å². The average Bonchev–Trinajstić information content (AvgIpc) is 2.79. The molecule has 1 heterocycles. The average molecular weight is 232 g/mol. The van der Waals surface area contributed by atoms with Gasteiger partial charge in [-0.25, -0.2) is 0 Å². The molecule has 0 aliphatic carbocycles. The maximum Gasteiger partial charge on any atom is 0.250 e. The molecular weight excluding hydrogens is 220 g/mol. The Kier molecular flexibility index (Phi) is 3.09. The minimum absolute atomic E-state index is 0.145. The SMILES string of the molecule is CCc1noc(C=Cc2ccc(O)c(O)c2)n1. The van der Waals surface area contributed by atoms with E-state index in [4.69, 9.17) is 9.63 Å². The van der Waals surface area contributed by atoms with Crippen LogP contribution in [0.25, 0.3) is 12.2 Å². The molecule has 1 aromatic carbocycles. The molecule has 17 heavy (non-hydrogen) atoms. The van der Waals surface area contributed by atoms with Crippen LogP contribution in [0.4, 0.5) is 0 Å². The molecule has 0 fully saturated rings. The first-order valence-corrected chi connectivity index (χ1v) is 5.21. The minimum Gasteiger partial charge on any atom is -0.504 e. The quantitative estimate of drug-likeness (QED) is 0.793. The Morgan fingerprint density at radius 3 is 2.71 bits per heavy atom. The van der Waals surface area contributed by atoms with Gasteiger partial charge in [-0.15, -0.1) is 0 Å². The molecule has 0 unspecified atom stereocenters. The number of hydrogen-bond acceptors (Lipinski definition) is 5. The Hall–Kier alpha value is -2.30. The Labute approximate surface area is 98.0 Å². The zero-order chi connectivity index (χ0) is 12.3. The van der Waals surface area contributed by atoms with Crippen molar-refractivity contribution in [2.45, 2.75) is 13.3 Å². The molecule has 0 atom stereocenters. The molecule has 1 aromatic heterocycles. The first-order valence-electron chi connectivity index (χ1n) is 5.21. The zero-order valence-electron chi connectivity index (χ0n) is 9.29. The second-order valence-corrected chi connectivity index (χ2v) is 3.48. The standard InChI is InChI=1S/C12H12N2O3/c1-2-11-13-12(17-14-11)6-4-8-3-5-9(15)10(16)7-8/h3-7,15-16H,2H2,1H3.